The van der Waals surface area contributed by atoms with E-state index in [0.29, 0.717) is 6.42 Å². The fourth-order valence-electron chi connectivity index (χ4n) is 2.87. The van der Waals surface area contributed by atoms with Gasteiger partial charge in [0, 0.05) is 5.57 Å². The molecular formula is C22H35NO2. The summed E-state index contributed by atoms with van der Waals surface area (Å²) in [5.41, 5.74) is 1.86. The van der Waals surface area contributed by atoms with Crippen molar-refractivity contribution in [3.05, 3.63) is 47.5 Å². The van der Waals surface area contributed by atoms with Gasteiger partial charge in [-0.2, -0.15) is 0 Å². The molecule has 0 radical (unpaired) electrons. The van der Waals surface area contributed by atoms with Gasteiger partial charge in [0.2, 0.25) is 5.91 Å². The Morgan fingerprint density at radius 2 is 1.72 bits per heavy atom. The molecule has 0 aliphatic rings. The Labute approximate surface area is 153 Å². The Balaban J connectivity index is 2.26. The Morgan fingerprint density at radius 1 is 1.08 bits per heavy atom. The van der Waals surface area contributed by atoms with Crippen LogP contribution in [0.1, 0.15) is 70.8 Å². The van der Waals surface area contributed by atoms with Gasteiger partial charge in [-0.25, -0.2) is 0 Å². The molecular weight excluding hydrogens is 310 g/mol. The highest BCUT2D eigenvalue weighted by Crippen LogP contribution is 2.10. The van der Waals surface area contributed by atoms with Gasteiger partial charge in [0.05, 0.1) is 12.6 Å². The number of aliphatic hydroxyl groups excluding tert-OH is 1. The molecule has 0 aliphatic carbocycles. The van der Waals surface area contributed by atoms with Gasteiger partial charge >= 0.3 is 0 Å². The van der Waals surface area contributed by atoms with Crippen LogP contribution in [0.2, 0.25) is 0 Å². The molecule has 1 rings (SSSR count). The van der Waals surface area contributed by atoms with Crippen LogP contribution in [-0.4, -0.2) is 23.7 Å². The van der Waals surface area contributed by atoms with E-state index >= 15 is 0 Å². The molecule has 1 aromatic rings. The van der Waals surface area contributed by atoms with E-state index in [2.05, 4.69) is 12.2 Å². The summed E-state index contributed by atoms with van der Waals surface area (Å²) >= 11 is 0. The van der Waals surface area contributed by atoms with E-state index in [1.54, 1.807) is 0 Å². The van der Waals surface area contributed by atoms with Crippen LogP contribution in [0.25, 0.3) is 0 Å². The van der Waals surface area contributed by atoms with Crippen molar-refractivity contribution in [2.24, 2.45) is 0 Å². The van der Waals surface area contributed by atoms with Crippen molar-refractivity contribution in [1.29, 1.82) is 0 Å². The Morgan fingerprint density at radius 3 is 2.36 bits per heavy atom. The molecule has 140 valence electrons. The summed E-state index contributed by atoms with van der Waals surface area (Å²) in [6, 6.07) is 9.69. The van der Waals surface area contributed by atoms with Gasteiger partial charge in [-0.1, -0.05) is 81.9 Å². The molecule has 1 amide bonds. The lowest BCUT2D eigenvalue weighted by molar-refractivity contribution is -0.118. The van der Waals surface area contributed by atoms with Crippen LogP contribution < -0.4 is 5.32 Å². The molecule has 0 bridgehead atoms. The third kappa shape index (κ3) is 10.1. The van der Waals surface area contributed by atoms with Crippen LogP contribution in [0.5, 0.6) is 0 Å². The van der Waals surface area contributed by atoms with E-state index in [0.717, 1.165) is 24.0 Å². The molecule has 3 nitrogen and oxygen atoms in total. The predicted molar refractivity (Wildman–Crippen MR) is 106 cm³/mol. The van der Waals surface area contributed by atoms with E-state index in [1.165, 1.54) is 38.5 Å². The summed E-state index contributed by atoms with van der Waals surface area (Å²) < 4.78 is 0. The van der Waals surface area contributed by atoms with Gasteiger partial charge in [0.15, 0.2) is 0 Å². The number of unbranched alkanes of at least 4 members (excludes halogenated alkanes) is 7. The van der Waals surface area contributed by atoms with Gasteiger partial charge in [-0.15, -0.1) is 0 Å². The second-order valence-corrected chi connectivity index (χ2v) is 6.84. The summed E-state index contributed by atoms with van der Waals surface area (Å²) in [6.07, 6.45) is 12.6. The SMILES string of the molecule is CCCCCCCCC/C=C(\C)C(=O)N[C@H](CO)Cc1ccccc1. The third-order valence-electron chi connectivity index (χ3n) is 4.50. The minimum absolute atomic E-state index is 0.0499. The topological polar surface area (TPSA) is 49.3 Å². The van der Waals surface area contributed by atoms with Crippen LogP contribution >= 0.6 is 0 Å². The minimum atomic E-state index is -0.239. The molecule has 0 saturated heterocycles. The van der Waals surface area contributed by atoms with E-state index in [1.807, 2.05) is 43.3 Å². The number of nitrogens with one attached hydrogen (secondary N) is 1. The van der Waals surface area contributed by atoms with Crippen molar-refractivity contribution >= 4 is 5.91 Å². The Hall–Kier alpha value is -1.61. The first-order valence-corrected chi connectivity index (χ1v) is 9.79. The minimum Gasteiger partial charge on any atom is -0.394 e. The summed E-state index contributed by atoms with van der Waals surface area (Å²) in [7, 11) is 0. The second-order valence-electron chi connectivity index (χ2n) is 6.84. The van der Waals surface area contributed by atoms with Gasteiger partial charge in [-0.05, 0) is 31.7 Å². The zero-order valence-electron chi connectivity index (χ0n) is 16.0. The molecule has 0 heterocycles. The lowest BCUT2D eigenvalue weighted by atomic mass is 10.1. The number of carbonyl (C=O) groups excluding carboxylic acids is 1. The van der Waals surface area contributed by atoms with E-state index in [-0.39, 0.29) is 18.6 Å². The molecule has 3 heteroatoms. The molecule has 1 atom stereocenters. The van der Waals surface area contributed by atoms with E-state index in [4.69, 9.17) is 0 Å². The molecule has 2 N–H and O–H groups in total. The number of hydrogen-bond donors (Lipinski definition) is 2. The van der Waals surface area contributed by atoms with Crippen molar-refractivity contribution in [2.75, 3.05) is 6.61 Å². The van der Waals surface area contributed by atoms with Crippen LogP contribution in [-0.2, 0) is 11.2 Å². The van der Waals surface area contributed by atoms with Crippen molar-refractivity contribution in [2.45, 2.75) is 77.7 Å². The number of hydrogen-bond acceptors (Lipinski definition) is 2. The quantitative estimate of drug-likeness (QED) is 0.399. The lowest BCUT2D eigenvalue weighted by Gasteiger charge is -2.16. The van der Waals surface area contributed by atoms with E-state index in [9.17, 15) is 9.90 Å². The number of amides is 1. The molecule has 0 unspecified atom stereocenters. The third-order valence-corrected chi connectivity index (χ3v) is 4.50. The first kappa shape index (κ1) is 21.4. The standard InChI is InChI=1S/C22H35NO2/c1-3-4-5-6-7-8-9-11-14-19(2)22(25)23-21(18-24)17-20-15-12-10-13-16-20/h10,12-16,21,24H,3-9,11,17-18H2,1-2H3,(H,23,25)/b19-14+/t21-/m0/s1. The highest BCUT2D eigenvalue weighted by atomic mass is 16.3. The van der Waals surface area contributed by atoms with Gasteiger partial charge < -0.3 is 10.4 Å². The first-order chi connectivity index (χ1) is 12.2. The van der Waals surface area contributed by atoms with Gasteiger partial charge in [0.25, 0.3) is 0 Å². The average Bonchev–Trinajstić information content (AvgIpc) is 2.63. The summed E-state index contributed by atoms with van der Waals surface area (Å²) in [5, 5.41) is 12.5. The normalized spacial score (nSPS) is 12.8. The molecule has 0 spiro atoms. The van der Waals surface area contributed by atoms with Crippen molar-refractivity contribution < 1.29 is 9.90 Å². The number of allylic oxidation sites excluding steroid dienone is 1. The highest BCUT2D eigenvalue weighted by molar-refractivity contribution is 5.92. The maximum absolute atomic E-state index is 12.3. The second kappa shape index (κ2) is 13.7. The van der Waals surface area contributed by atoms with Crippen LogP contribution in [0.4, 0.5) is 0 Å². The maximum atomic E-state index is 12.3. The Kier molecular flexibility index (Phi) is 11.7. The zero-order valence-corrected chi connectivity index (χ0v) is 16.0. The number of carbonyl (C=O) groups is 1. The maximum Gasteiger partial charge on any atom is 0.246 e. The number of rotatable bonds is 13. The largest absolute Gasteiger partial charge is 0.394 e. The fraction of sp³-hybridized carbons (Fsp3) is 0.591. The lowest BCUT2D eigenvalue weighted by Crippen LogP contribution is -2.39. The number of aliphatic hydroxyl groups is 1. The van der Waals surface area contributed by atoms with Crippen molar-refractivity contribution in [3.63, 3.8) is 0 Å². The van der Waals surface area contributed by atoms with Crippen LogP contribution in [0.15, 0.2) is 42.0 Å². The smallest absolute Gasteiger partial charge is 0.246 e. The molecule has 0 aromatic heterocycles. The van der Waals surface area contributed by atoms with Crippen LogP contribution in [0, 0.1) is 0 Å². The Bertz CT molecular complexity index is 496. The predicted octanol–water partition coefficient (Wildman–Crippen LogP) is 4.79. The van der Waals surface area contributed by atoms with E-state index < -0.39 is 0 Å². The number of benzene rings is 1. The monoisotopic (exact) mass is 345 g/mol. The summed E-state index contributed by atoms with van der Waals surface area (Å²) in [4.78, 5) is 12.3. The molecule has 0 saturated carbocycles. The van der Waals surface area contributed by atoms with Crippen LogP contribution in [0.3, 0.4) is 0 Å². The summed E-state index contributed by atoms with van der Waals surface area (Å²) in [6.45, 7) is 4.04. The molecule has 0 fully saturated rings. The summed E-state index contributed by atoms with van der Waals surface area (Å²) in [5.74, 6) is -0.0714. The van der Waals surface area contributed by atoms with Gasteiger partial charge in [0.1, 0.15) is 0 Å². The average molecular weight is 346 g/mol. The molecule has 1 aromatic carbocycles. The molecule has 25 heavy (non-hydrogen) atoms. The van der Waals surface area contributed by atoms with Crippen molar-refractivity contribution in [3.8, 4) is 0 Å². The highest BCUT2D eigenvalue weighted by Gasteiger charge is 2.13. The first-order valence-electron chi connectivity index (χ1n) is 9.79. The molecule has 0 aliphatic heterocycles. The van der Waals surface area contributed by atoms with Gasteiger partial charge in [-0.3, -0.25) is 4.79 Å². The van der Waals surface area contributed by atoms with Crippen molar-refractivity contribution in [1.82, 2.24) is 5.32 Å². The zero-order chi connectivity index (χ0) is 18.3. The fourth-order valence-corrected chi connectivity index (χ4v) is 2.87.